The molecule has 85 heavy (non-hydrogen) atoms. The lowest BCUT2D eigenvalue weighted by Gasteiger charge is -2.40. The molecule has 3 N–H and O–H groups in total. The van der Waals surface area contributed by atoms with Gasteiger partial charge in [0.15, 0.2) is 24.6 Å². The van der Waals surface area contributed by atoms with Gasteiger partial charge < -0.3 is 39.0 Å². The van der Waals surface area contributed by atoms with Crippen molar-refractivity contribution in [3.8, 4) is 0 Å². The van der Waals surface area contributed by atoms with E-state index >= 15 is 0 Å². The second-order valence-corrected chi connectivity index (χ2v) is 22.0. The summed E-state index contributed by atoms with van der Waals surface area (Å²) in [5.74, 6) is -3.27. The lowest BCUT2D eigenvalue weighted by molar-refractivity contribution is -0.301. The first kappa shape index (κ1) is 77.9. The summed E-state index contributed by atoms with van der Waals surface area (Å²) in [6.07, 6.45) is 71.2. The Morgan fingerprint density at radius 2 is 0.765 bits per heavy atom. The molecule has 0 aromatic rings. The number of hydrogen-bond donors (Lipinski definition) is 3. The topological polar surface area (TPSA) is 175 Å². The number of allylic oxidation sites excluding steroid dienone is 22. The van der Waals surface area contributed by atoms with E-state index in [-0.39, 0.29) is 25.9 Å². The van der Waals surface area contributed by atoms with Gasteiger partial charge in [0.2, 0.25) is 0 Å². The van der Waals surface area contributed by atoms with Crippen LogP contribution in [0.5, 0.6) is 0 Å². The lowest BCUT2D eigenvalue weighted by Crippen LogP contribution is -2.61. The second-order valence-electron chi connectivity index (χ2n) is 22.0. The van der Waals surface area contributed by atoms with Crippen LogP contribution in [0.4, 0.5) is 0 Å². The van der Waals surface area contributed by atoms with Crippen LogP contribution in [-0.2, 0) is 42.9 Å². The minimum atomic E-state index is -1.94. The Hall–Kier alpha value is -5.14. The first-order chi connectivity index (χ1) is 41.6. The molecule has 6 unspecified atom stereocenters. The van der Waals surface area contributed by atoms with Crippen molar-refractivity contribution < 1.29 is 58.2 Å². The molecule has 480 valence electrons. The van der Waals surface area contributed by atoms with Gasteiger partial charge in [-0.2, -0.15) is 0 Å². The van der Waals surface area contributed by atoms with Crippen molar-refractivity contribution in [1.82, 2.24) is 0 Å². The van der Waals surface area contributed by atoms with Crippen LogP contribution in [0.25, 0.3) is 0 Å². The average Bonchev–Trinajstić information content (AvgIpc) is 2.79. The smallest absolute Gasteiger partial charge is 0.335 e. The molecule has 0 bridgehead atoms. The van der Waals surface area contributed by atoms with Gasteiger partial charge in [-0.05, 0) is 128 Å². The SMILES string of the molecule is CC/C=C\C/C=C\C/C=C\C/C=C\C/C=C\C/C=C\CCC(=O)OC1C(OCC(COC(=O)CCCCCCCC/C=C\C/C=C\C/C=C\CCCCC)OC(=O)CCCCCCCCC/C=C\C/C=C\CCCCC)OC(C(=O)O)C(O)C1O. The largest absolute Gasteiger partial charge is 0.479 e. The van der Waals surface area contributed by atoms with E-state index in [0.717, 1.165) is 141 Å². The predicted molar refractivity (Wildman–Crippen MR) is 349 cm³/mol. The first-order valence-electron chi connectivity index (χ1n) is 33.2. The van der Waals surface area contributed by atoms with Crippen molar-refractivity contribution in [3.05, 3.63) is 134 Å². The molecular weight excluding hydrogens is 1070 g/mol. The number of carbonyl (C=O) groups excluding carboxylic acids is 3. The maximum absolute atomic E-state index is 13.2. The number of unbranched alkanes of at least 4 members (excludes halogenated alkanes) is 19. The summed E-state index contributed by atoms with van der Waals surface area (Å²) in [5.41, 5.74) is 0. The Bertz CT molecular complexity index is 1990. The molecule has 6 atom stereocenters. The number of carboxylic acids is 1. The van der Waals surface area contributed by atoms with Crippen LogP contribution in [0, 0.1) is 0 Å². The number of esters is 3. The molecule has 1 fully saturated rings. The molecule has 1 heterocycles. The van der Waals surface area contributed by atoms with Gasteiger partial charge in [0, 0.05) is 19.3 Å². The summed E-state index contributed by atoms with van der Waals surface area (Å²) in [5, 5.41) is 31.6. The molecule has 1 aliphatic rings. The van der Waals surface area contributed by atoms with Gasteiger partial charge in [0.1, 0.15) is 18.8 Å². The Balaban J connectivity index is 2.72. The van der Waals surface area contributed by atoms with E-state index in [4.69, 9.17) is 23.7 Å². The monoisotopic (exact) mass is 1180 g/mol. The van der Waals surface area contributed by atoms with Crippen molar-refractivity contribution in [2.75, 3.05) is 13.2 Å². The normalized spacial score (nSPS) is 18.3. The minimum absolute atomic E-state index is 0.0736. The number of hydrogen-bond acceptors (Lipinski definition) is 11. The third-order valence-corrected chi connectivity index (χ3v) is 14.2. The van der Waals surface area contributed by atoms with Crippen molar-refractivity contribution in [2.45, 2.75) is 289 Å². The van der Waals surface area contributed by atoms with E-state index in [9.17, 15) is 34.5 Å². The standard InChI is InChI=1S/C73H116O12/c1-4-7-10-13-16-19-22-25-28-31-33-36-38-41-44-47-50-53-56-59-65(74)81-62-64(83-66(75)60-57-54-51-48-45-42-39-35-30-27-24-21-18-15-12-9-6-3)63-82-73-71(69(78)68(77)70(85-73)72(79)80)84-67(76)61-58-55-52-49-46-43-40-37-34-32-29-26-23-20-17-14-11-8-5-2/h8,11,16-21,25-30,33-34,36-37,43,46,52,55,64,68-71,73,77-78H,4-7,9-10,12-15,22-24,31-32,35,38-42,44-45,47-51,53-54,56-63H2,1-3H3,(H,79,80)/b11-8-,19-16-,20-17-,21-18-,28-25-,29-26-,30-27-,36-33-,37-34-,46-43-,55-52-. The summed E-state index contributed by atoms with van der Waals surface area (Å²) in [4.78, 5) is 51.4. The maximum Gasteiger partial charge on any atom is 0.335 e. The average molecular weight is 1190 g/mol. The molecule has 0 spiro atoms. The van der Waals surface area contributed by atoms with E-state index in [1.807, 2.05) is 18.2 Å². The number of ether oxygens (including phenoxy) is 5. The predicted octanol–water partition coefficient (Wildman–Crippen LogP) is 18.1. The number of carboxylic acid groups (broad SMARTS) is 1. The Morgan fingerprint density at radius 1 is 0.400 bits per heavy atom. The lowest BCUT2D eigenvalue weighted by atomic mass is 9.98. The van der Waals surface area contributed by atoms with Crippen molar-refractivity contribution in [2.24, 2.45) is 0 Å². The summed E-state index contributed by atoms with van der Waals surface area (Å²) >= 11 is 0. The van der Waals surface area contributed by atoms with Gasteiger partial charge in [-0.15, -0.1) is 0 Å². The van der Waals surface area contributed by atoms with Crippen molar-refractivity contribution in [3.63, 3.8) is 0 Å². The highest BCUT2D eigenvalue weighted by atomic mass is 16.7. The summed E-state index contributed by atoms with van der Waals surface area (Å²) < 4.78 is 28.4. The van der Waals surface area contributed by atoms with Crippen LogP contribution in [0.3, 0.4) is 0 Å². The zero-order valence-corrected chi connectivity index (χ0v) is 53.1. The molecule has 0 aromatic carbocycles. The zero-order chi connectivity index (χ0) is 61.7. The van der Waals surface area contributed by atoms with Crippen LogP contribution in [-0.4, -0.2) is 89.2 Å². The van der Waals surface area contributed by atoms with Crippen molar-refractivity contribution in [1.29, 1.82) is 0 Å². The van der Waals surface area contributed by atoms with Gasteiger partial charge >= 0.3 is 23.9 Å². The summed E-state index contributed by atoms with van der Waals surface area (Å²) in [6, 6.07) is 0. The molecule has 1 saturated heterocycles. The second kappa shape index (κ2) is 59.2. The fraction of sp³-hybridized carbons (Fsp3) is 0.644. The highest BCUT2D eigenvalue weighted by Crippen LogP contribution is 2.26. The first-order valence-corrected chi connectivity index (χ1v) is 33.2. The molecule has 1 aliphatic heterocycles. The third-order valence-electron chi connectivity index (χ3n) is 14.2. The van der Waals surface area contributed by atoms with E-state index in [2.05, 4.69) is 136 Å². The van der Waals surface area contributed by atoms with Crippen molar-refractivity contribution >= 4 is 23.9 Å². The molecule has 0 saturated carbocycles. The van der Waals surface area contributed by atoms with Crippen LogP contribution >= 0.6 is 0 Å². The molecule has 12 heteroatoms. The van der Waals surface area contributed by atoms with Gasteiger partial charge in [-0.3, -0.25) is 14.4 Å². The third kappa shape index (κ3) is 48.6. The molecule has 1 rings (SSSR count). The minimum Gasteiger partial charge on any atom is -0.479 e. The van der Waals surface area contributed by atoms with E-state index < -0.39 is 67.3 Å². The zero-order valence-electron chi connectivity index (χ0n) is 53.1. The number of aliphatic hydroxyl groups is 2. The highest BCUT2D eigenvalue weighted by Gasteiger charge is 2.50. The fourth-order valence-corrected chi connectivity index (χ4v) is 9.14. The molecule has 0 aromatic heterocycles. The van der Waals surface area contributed by atoms with E-state index in [0.29, 0.717) is 25.7 Å². The van der Waals surface area contributed by atoms with Gasteiger partial charge in [0.25, 0.3) is 0 Å². The fourth-order valence-electron chi connectivity index (χ4n) is 9.14. The Labute approximate surface area is 515 Å². The number of aliphatic hydroxyl groups excluding tert-OH is 2. The molecule has 0 amide bonds. The van der Waals surface area contributed by atoms with Gasteiger partial charge in [-0.25, -0.2) is 4.79 Å². The molecule has 0 aliphatic carbocycles. The number of carbonyl (C=O) groups is 4. The van der Waals surface area contributed by atoms with Gasteiger partial charge in [0.05, 0.1) is 6.61 Å². The van der Waals surface area contributed by atoms with E-state index in [1.165, 1.54) is 44.9 Å². The summed E-state index contributed by atoms with van der Waals surface area (Å²) in [7, 11) is 0. The molecule has 12 nitrogen and oxygen atoms in total. The molecular formula is C73H116O12. The maximum atomic E-state index is 13.2. The van der Waals surface area contributed by atoms with Crippen LogP contribution in [0.15, 0.2) is 134 Å². The number of rotatable bonds is 55. The number of aliphatic carboxylic acids is 1. The highest BCUT2D eigenvalue weighted by molar-refractivity contribution is 5.74. The summed E-state index contributed by atoms with van der Waals surface area (Å²) in [6.45, 7) is 5.79. The van der Waals surface area contributed by atoms with E-state index in [1.54, 1.807) is 0 Å². The quantitative estimate of drug-likeness (QED) is 0.0228. The van der Waals surface area contributed by atoms with Gasteiger partial charge in [-0.1, -0.05) is 238 Å². The Morgan fingerprint density at radius 3 is 1.18 bits per heavy atom. The molecule has 0 radical (unpaired) electrons. The van der Waals surface area contributed by atoms with Crippen LogP contribution in [0.1, 0.15) is 252 Å². The van der Waals surface area contributed by atoms with Crippen LogP contribution < -0.4 is 0 Å². The van der Waals surface area contributed by atoms with Crippen LogP contribution in [0.2, 0.25) is 0 Å². The Kier molecular flexibility index (Phi) is 54.2.